The van der Waals surface area contributed by atoms with Crippen molar-refractivity contribution < 1.29 is 4.74 Å². The van der Waals surface area contributed by atoms with Crippen molar-refractivity contribution in [2.45, 2.75) is 13.8 Å². The normalized spacial score (nSPS) is 10.5. The summed E-state index contributed by atoms with van der Waals surface area (Å²) in [4.78, 5) is 11.9. The lowest BCUT2D eigenvalue weighted by atomic mass is 10.3. The number of nitrogens with one attached hydrogen (secondary N) is 1. The molecule has 90 valence electrons. The van der Waals surface area contributed by atoms with Gasteiger partial charge in [0.2, 0.25) is 0 Å². The number of aromatic amines is 1. The van der Waals surface area contributed by atoms with Crippen molar-refractivity contribution in [3.8, 4) is 11.4 Å². The Morgan fingerprint density at radius 2 is 2.00 bits per heavy atom. The summed E-state index contributed by atoms with van der Waals surface area (Å²) in [6.45, 7) is 4.41. The maximum Gasteiger partial charge on any atom is 0.285 e. The molecule has 4 nitrogen and oxygen atoms in total. The van der Waals surface area contributed by atoms with E-state index in [1.54, 1.807) is 0 Å². The number of hydrogen-bond donors (Lipinski definition) is 1. The maximum atomic E-state index is 11.9. The van der Waals surface area contributed by atoms with Gasteiger partial charge in [-0.25, -0.2) is 4.68 Å². The molecule has 1 heterocycles. The van der Waals surface area contributed by atoms with E-state index in [-0.39, 0.29) is 5.56 Å². The van der Waals surface area contributed by atoms with Crippen LogP contribution < -0.4 is 10.3 Å². The SMILES string of the molecule is CCOc1ccc(-n2[nH]c(C)c(Br)c2=O)cc1. The minimum atomic E-state index is -0.0911. The molecule has 17 heavy (non-hydrogen) atoms. The van der Waals surface area contributed by atoms with Gasteiger partial charge in [-0.1, -0.05) is 0 Å². The number of hydrogen-bond acceptors (Lipinski definition) is 2. The Kier molecular flexibility index (Phi) is 3.38. The second-order valence-electron chi connectivity index (χ2n) is 3.62. The number of halogens is 1. The monoisotopic (exact) mass is 296 g/mol. The Morgan fingerprint density at radius 1 is 1.35 bits per heavy atom. The van der Waals surface area contributed by atoms with Crippen LogP contribution in [0.2, 0.25) is 0 Å². The van der Waals surface area contributed by atoms with Crippen LogP contribution in [0.4, 0.5) is 0 Å². The molecule has 0 saturated heterocycles. The van der Waals surface area contributed by atoms with Gasteiger partial charge in [-0.15, -0.1) is 0 Å². The highest BCUT2D eigenvalue weighted by molar-refractivity contribution is 9.10. The predicted molar refractivity (Wildman–Crippen MR) is 70.0 cm³/mol. The average Bonchev–Trinajstić information content (AvgIpc) is 2.59. The Bertz CT molecular complexity index is 569. The maximum absolute atomic E-state index is 11.9. The van der Waals surface area contributed by atoms with Crippen molar-refractivity contribution in [2.75, 3.05) is 6.61 Å². The van der Waals surface area contributed by atoms with Crippen LogP contribution in [-0.2, 0) is 0 Å². The van der Waals surface area contributed by atoms with E-state index >= 15 is 0 Å². The molecule has 0 aliphatic heterocycles. The molecule has 0 aliphatic carbocycles. The van der Waals surface area contributed by atoms with Crippen LogP contribution in [0.25, 0.3) is 5.69 Å². The van der Waals surface area contributed by atoms with E-state index in [4.69, 9.17) is 4.74 Å². The molecule has 0 bridgehead atoms. The fraction of sp³-hybridized carbons (Fsp3) is 0.250. The number of benzene rings is 1. The first kappa shape index (κ1) is 12.0. The highest BCUT2D eigenvalue weighted by atomic mass is 79.9. The Morgan fingerprint density at radius 3 is 2.47 bits per heavy atom. The Balaban J connectivity index is 2.40. The smallest absolute Gasteiger partial charge is 0.285 e. The van der Waals surface area contributed by atoms with Gasteiger partial charge < -0.3 is 4.74 Å². The molecule has 0 atom stereocenters. The lowest BCUT2D eigenvalue weighted by Crippen LogP contribution is -2.14. The van der Waals surface area contributed by atoms with Gasteiger partial charge >= 0.3 is 0 Å². The first-order valence-electron chi connectivity index (χ1n) is 5.34. The van der Waals surface area contributed by atoms with Crippen molar-refractivity contribution >= 4 is 15.9 Å². The Labute approximate surface area is 107 Å². The highest BCUT2D eigenvalue weighted by Gasteiger charge is 2.09. The van der Waals surface area contributed by atoms with E-state index in [1.165, 1.54) is 4.68 Å². The van der Waals surface area contributed by atoms with E-state index in [9.17, 15) is 4.79 Å². The van der Waals surface area contributed by atoms with Crippen LogP contribution in [0.3, 0.4) is 0 Å². The molecule has 0 spiro atoms. The van der Waals surface area contributed by atoms with Crippen molar-refractivity contribution in [2.24, 2.45) is 0 Å². The van der Waals surface area contributed by atoms with E-state index in [2.05, 4.69) is 21.0 Å². The summed E-state index contributed by atoms with van der Waals surface area (Å²) in [5.41, 5.74) is 1.50. The minimum Gasteiger partial charge on any atom is -0.494 e. The topological polar surface area (TPSA) is 47.0 Å². The fourth-order valence-electron chi connectivity index (χ4n) is 1.57. The largest absolute Gasteiger partial charge is 0.494 e. The van der Waals surface area contributed by atoms with Gasteiger partial charge in [-0.3, -0.25) is 9.89 Å². The van der Waals surface area contributed by atoms with Gasteiger partial charge in [0.05, 0.1) is 12.3 Å². The molecular formula is C12H13BrN2O2. The zero-order chi connectivity index (χ0) is 12.4. The van der Waals surface area contributed by atoms with Crippen LogP contribution >= 0.6 is 15.9 Å². The first-order valence-corrected chi connectivity index (χ1v) is 6.13. The lowest BCUT2D eigenvalue weighted by molar-refractivity contribution is 0.340. The third kappa shape index (κ3) is 2.29. The summed E-state index contributed by atoms with van der Waals surface area (Å²) >= 11 is 3.25. The summed E-state index contributed by atoms with van der Waals surface area (Å²) in [6, 6.07) is 7.37. The predicted octanol–water partition coefficient (Wildman–Crippen LogP) is 2.64. The standard InChI is InChI=1S/C12H13BrN2O2/c1-3-17-10-6-4-9(5-7-10)15-12(16)11(13)8(2)14-15/h4-7,14H,3H2,1-2H3. The number of aryl methyl sites for hydroxylation is 1. The van der Waals surface area contributed by atoms with Gasteiger partial charge in [0, 0.05) is 5.69 Å². The Hall–Kier alpha value is -1.49. The molecule has 1 aromatic carbocycles. The summed E-state index contributed by atoms with van der Waals surface area (Å²) in [6.07, 6.45) is 0. The molecule has 2 rings (SSSR count). The fourth-order valence-corrected chi connectivity index (χ4v) is 1.83. The molecule has 0 radical (unpaired) electrons. The van der Waals surface area contributed by atoms with Crippen molar-refractivity contribution in [1.82, 2.24) is 9.78 Å². The molecule has 1 N–H and O–H groups in total. The molecule has 2 aromatic rings. The van der Waals surface area contributed by atoms with E-state index in [0.29, 0.717) is 11.1 Å². The number of H-pyrrole nitrogens is 1. The van der Waals surface area contributed by atoms with Crippen LogP contribution in [0, 0.1) is 6.92 Å². The molecule has 0 amide bonds. The van der Waals surface area contributed by atoms with Crippen LogP contribution in [0.15, 0.2) is 33.5 Å². The van der Waals surface area contributed by atoms with E-state index in [0.717, 1.165) is 17.1 Å². The van der Waals surface area contributed by atoms with Gasteiger partial charge in [-0.2, -0.15) is 0 Å². The second-order valence-corrected chi connectivity index (χ2v) is 4.41. The quantitative estimate of drug-likeness (QED) is 0.946. The van der Waals surface area contributed by atoms with Crippen LogP contribution in [0.1, 0.15) is 12.6 Å². The van der Waals surface area contributed by atoms with E-state index < -0.39 is 0 Å². The summed E-state index contributed by atoms with van der Waals surface area (Å²) < 4.78 is 7.41. The molecule has 0 fully saturated rings. The summed E-state index contributed by atoms with van der Waals surface area (Å²) in [5.74, 6) is 0.798. The summed E-state index contributed by atoms with van der Waals surface area (Å²) in [5, 5.41) is 3.00. The van der Waals surface area contributed by atoms with Gasteiger partial charge in [-0.05, 0) is 54.0 Å². The molecule has 0 aliphatic rings. The van der Waals surface area contributed by atoms with Gasteiger partial charge in [0.1, 0.15) is 10.2 Å². The zero-order valence-electron chi connectivity index (χ0n) is 9.66. The number of ether oxygens (including phenoxy) is 1. The number of aromatic nitrogens is 2. The van der Waals surface area contributed by atoms with Gasteiger partial charge in [0.25, 0.3) is 5.56 Å². The molecule has 5 heteroatoms. The second kappa shape index (κ2) is 4.79. The first-order chi connectivity index (χ1) is 8.13. The minimum absolute atomic E-state index is 0.0911. The zero-order valence-corrected chi connectivity index (χ0v) is 11.2. The van der Waals surface area contributed by atoms with Crippen molar-refractivity contribution in [1.29, 1.82) is 0 Å². The third-order valence-corrected chi connectivity index (χ3v) is 3.34. The van der Waals surface area contributed by atoms with Crippen LogP contribution in [-0.4, -0.2) is 16.4 Å². The van der Waals surface area contributed by atoms with Crippen LogP contribution in [0.5, 0.6) is 5.75 Å². The molecule has 1 aromatic heterocycles. The number of rotatable bonds is 3. The highest BCUT2D eigenvalue weighted by Crippen LogP contribution is 2.15. The van der Waals surface area contributed by atoms with Crippen molar-refractivity contribution in [3.63, 3.8) is 0 Å². The average molecular weight is 297 g/mol. The lowest BCUT2D eigenvalue weighted by Gasteiger charge is -2.05. The van der Waals surface area contributed by atoms with E-state index in [1.807, 2.05) is 38.1 Å². The third-order valence-electron chi connectivity index (χ3n) is 2.41. The number of nitrogens with zero attached hydrogens (tertiary/aromatic N) is 1. The van der Waals surface area contributed by atoms with Gasteiger partial charge in [0.15, 0.2) is 0 Å². The molecule has 0 saturated carbocycles. The van der Waals surface area contributed by atoms with Crippen molar-refractivity contribution in [3.05, 3.63) is 44.8 Å². The summed E-state index contributed by atoms with van der Waals surface area (Å²) in [7, 11) is 0. The molecular weight excluding hydrogens is 284 g/mol. The molecule has 0 unspecified atom stereocenters.